The fraction of sp³-hybridized carbons (Fsp3) is 0.600. The third kappa shape index (κ3) is 4.41. The molecule has 0 unspecified atom stereocenters. The second-order valence-electron chi connectivity index (χ2n) is 5.57. The van der Waals surface area contributed by atoms with Gasteiger partial charge < -0.3 is 19.3 Å². The SMILES string of the molecule is CN(CC1(O)CCOCC1)C(=O)CCn1ccccc1=O. The van der Waals surface area contributed by atoms with Crippen LogP contribution in [0.1, 0.15) is 19.3 Å². The van der Waals surface area contributed by atoms with E-state index in [4.69, 9.17) is 4.74 Å². The number of aromatic nitrogens is 1. The van der Waals surface area contributed by atoms with Gasteiger partial charge in [0.05, 0.1) is 5.60 Å². The molecular weight excluding hydrogens is 272 g/mol. The molecule has 116 valence electrons. The van der Waals surface area contributed by atoms with Crippen LogP contribution in [0.4, 0.5) is 0 Å². The minimum atomic E-state index is -0.855. The summed E-state index contributed by atoms with van der Waals surface area (Å²) in [6.45, 7) is 1.71. The van der Waals surface area contributed by atoms with E-state index < -0.39 is 5.60 Å². The largest absolute Gasteiger partial charge is 0.388 e. The Hall–Kier alpha value is -1.66. The zero-order chi connectivity index (χ0) is 15.3. The first-order chi connectivity index (χ1) is 10.0. The van der Waals surface area contributed by atoms with Gasteiger partial charge in [-0.25, -0.2) is 0 Å². The van der Waals surface area contributed by atoms with Gasteiger partial charge in [-0.05, 0) is 6.07 Å². The van der Waals surface area contributed by atoms with Crippen molar-refractivity contribution in [1.29, 1.82) is 0 Å². The van der Waals surface area contributed by atoms with Crippen molar-refractivity contribution in [1.82, 2.24) is 9.47 Å². The van der Waals surface area contributed by atoms with Gasteiger partial charge in [-0.2, -0.15) is 0 Å². The van der Waals surface area contributed by atoms with Gasteiger partial charge in [0.1, 0.15) is 0 Å². The standard InChI is InChI=1S/C15H22N2O4/c1-16(12-15(20)6-10-21-11-7-15)13(18)5-9-17-8-3-2-4-14(17)19/h2-4,8,20H,5-7,9-12H2,1H3. The highest BCUT2D eigenvalue weighted by atomic mass is 16.5. The molecule has 0 spiro atoms. The van der Waals surface area contributed by atoms with Crippen LogP contribution in [0.2, 0.25) is 0 Å². The average molecular weight is 294 g/mol. The number of hydrogen-bond donors (Lipinski definition) is 1. The normalized spacial score (nSPS) is 17.4. The van der Waals surface area contributed by atoms with E-state index in [1.165, 1.54) is 10.6 Å². The summed E-state index contributed by atoms with van der Waals surface area (Å²) in [5, 5.41) is 10.4. The Morgan fingerprint density at radius 3 is 2.81 bits per heavy atom. The molecule has 0 aromatic carbocycles. The summed E-state index contributed by atoms with van der Waals surface area (Å²) >= 11 is 0. The van der Waals surface area contributed by atoms with Crippen LogP contribution < -0.4 is 5.56 Å². The van der Waals surface area contributed by atoms with E-state index in [-0.39, 0.29) is 17.9 Å². The van der Waals surface area contributed by atoms with Crippen LogP contribution >= 0.6 is 0 Å². The molecule has 1 aromatic rings. The Morgan fingerprint density at radius 1 is 1.43 bits per heavy atom. The summed E-state index contributed by atoms with van der Waals surface area (Å²) < 4.78 is 6.73. The molecule has 2 rings (SSSR count). The first-order valence-corrected chi connectivity index (χ1v) is 7.20. The monoisotopic (exact) mass is 294 g/mol. The number of aryl methyl sites for hydroxylation is 1. The number of rotatable bonds is 5. The summed E-state index contributed by atoms with van der Waals surface area (Å²) in [6.07, 6.45) is 3.00. The molecule has 1 saturated heterocycles. The van der Waals surface area contributed by atoms with Crippen LogP contribution in [0.25, 0.3) is 0 Å². The van der Waals surface area contributed by atoms with Crippen molar-refractivity contribution in [2.24, 2.45) is 0 Å². The molecule has 0 aliphatic carbocycles. The predicted molar refractivity (Wildman–Crippen MR) is 78.0 cm³/mol. The van der Waals surface area contributed by atoms with Gasteiger partial charge in [-0.15, -0.1) is 0 Å². The van der Waals surface area contributed by atoms with Crippen LogP contribution in [-0.2, 0) is 16.1 Å². The molecule has 6 nitrogen and oxygen atoms in total. The summed E-state index contributed by atoms with van der Waals surface area (Å²) in [6, 6.07) is 4.91. The second-order valence-corrected chi connectivity index (χ2v) is 5.57. The Bertz CT molecular complexity index is 534. The van der Waals surface area contributed by atoms with Crippen molar-refractivity contribution in [2.45, 2.75) is 31.4 Å². The zero-order valence-electron chi connectivity index (χ0n) is 12.3. The number of hydrogen-bond acceptors (Lipinski definition) is 4. The van der Waals surface area contributed by atoms with E-state index in [1.54, 1.807) is 30.3 Å². The second kappa shape index (κ2) is 6.87. The average Bonchev–Trinajstić information content (AvgIpc) is 2.46. The van der Waals surface area contributed by atoms with Gasteiger partial charge in [-0.3, -0.25) is 9.59 Å². The van der Waals surface area contributed by atoms with Crippen LogP contribution in [-0.4, -0.2) is 52.9 Å². The maximum atomic E-state index is 12.1. The van der Waals surface area contributed by atoms with Crippen molar-refractivity contribution in [3.8, 4) is 0 Å². The quantitative estimate of drug-likeness (QED) is 0.844. The summed E-state index contributed by atoms with van der Waals surface area (Å²) in [5.74, 6) is -0.0781. The predicted octanol–water partition coefficient (Wildman–Crippen LogP) is 0.238. The number of carbonyl (C=O) groups is 1. The Kier molecular flexibility index (Phi) is 5.14. The third-order valence-electron chi connectivity index (χ3n) is 3.85. The Morgan fingerprint density at radius 2 is 2.14 bits per heavy atom. The molecule has 0 bridgehead atoms. The number of aliphatic hydroxyl groups is 1. The lowest BCUT2D eigenvalue weighted by molar-refractivity contribution is -0.137. The minimum absolute atomic E-state index is 0.0781. The fourth-order valence-corrected chi connectivity index (χ4v) is 2.49. The molecule has 2 heterocycles. The molecule has 0 saturated carbocycles. The van der Waals surface area contributed by atoms with Gasteiger partial charge in [0, 0.05) is 64.9 Å². The lowest BCUT2D eigenvalue weighted by Crippen LogP contribution is -2.47. The van der Waals surface area contributed by atoms with Gasteiger partial charge in [0.2, 0.25) is 5.91 Å². The molecule has 1 aliphatic heterocycles. The van der Waals surface area contributed by atoms with Crippen LogP contribution in [0.15, 0.2) is 29.2 Å². The Labute approximate surface area is 123 Å². The highest BCUT2D eigenvalue weighted by Gasteiger charge is 2.32. The molecule has 1 aromatic heterocycles. The van der Waals surface area contributed by atoms with E-state index in [2.05, 4.69) is 0 Å². The minimum Gasteiger partial charge on any atom is -0.388 e. The van der Waals surface area contributed by atoms with E-state index in [1.807, 2.05) is 0 Å². The topological polar surface area (TPSA) is 71.8 Å². The third-order valence-corrected chi connectivity index (χ3v) is 3.85. The number of nitrogens with zero attached hydrogens (tertiary/aromatic N) is 2. The highest BCUT2D eigenvalue weighted by molar-refractivity contribution is 5.75. The van der Waals surface area contributed by atoms with Crippen molar-refractivity contribution in [3.05, 3.63) is 34.7 Å². The molecule has 1 amide bonds. The van der Waals surface area contributed by atoms with E-state index in [0.717, 1.165) is 0 Å². The molecule has 6 heteroatoms. The van der Waals surface area contributed by atoms with Crippen molar-refractivity contribution in [3.63, 3.8) is 0 Å². The Balaban J connectivity index is 1.85. The van der Waals surface area contributed by atoms with Crippen LogP contribution in [0, 0.1) is 0 Å². The first kappa shape index (κ1) is 15.7. The number of pyridine rings is 1. The summed E-state index contributed by atoms with van der Waals surface area (Å²) in [4.78, 5) is 25.2. The lowest BCUT2D eigenvalue weighted by Gasteiger charge is -2.35. The van der Waals surface area contributed by atoms with Crippen molar-refractivity contribution < 1.29 is 14.6 Å². The van der Waals surface area contributed by atoms with Crippen molar-refractivity contribution in [2.75, 3.05) is 26.8 Å². The molecule has 1 aliphatic rings. The van der Waals surface area contributed by atoms with E-state index in [9.17, 15) is 14.7 Å². The lowest BCUT2D eigenvalue weighted by atomic mass is 9.94. The number of carbonyl (C=O) groups excluding carboxylic acids is 1. The highest BCUT2D eigenvalue weighted by Crippen LogP contribution is 2.21. The smallest absolute Gasteiger partial charge is 0.250 e. The number of likely N-dealkylation sites (N-methyl/N-ethyl adjacent to an activating group) is 1. The molecular formula is C15H22N2O4. The summed E-state index contributed by atoms with van der Waals surface area (Å²) in [7, 11) is 1.68. The molecule has 1 N–H and O–H groups in total. The molecule has 1 fully saturated rings. The zero-order valence-corrected chi connectivity index (χ0v) is 12.3. The van der Waals surface area contributed by atoms with Gasteiger partial charge >= 0.3 is 0 Å². The van der Waals surface area contributed by atoms with Gasteiger partial charge in [-0.1, -0.05) is 6.07 Å². The molecule has 0 radical (unpaired) electrons. The maximum Gasteiger partial charge on any atom is 0.250 e. The van der Waals surface area contributed by atoms with Crippen LogP contribution in [0.3, 0.4) is 0 Å². The molecule has 0 atom stereocenters. The summed E-state index contributed by atoms with van der Waals surface area (Å²) in [5.41, 5.74) is -0.970. The first-order valence-electron chi connectivity index (χ1n) is 7.20. The fourth-order valence-electron chi connectivity index (χ4n) is 2.49. The molecule has 21 heavy (non-hydrogen) atoms. The van der Waals surface area contributed by atoms with Gasteiger partial charge in [0.25, 0.3) is 5.56 Å². The van der Waals surface area contributed by atoms with Gasteiger partial charge in [0.15, 0.2) is 0 Å². The van der Waals surface area contributed by atoms with Crippen molar-refractivity contribution >= 4 is 5.91 Å². The van der Waals surface area contributed by atoms with Crippen LogP contribution in [0.5, 0.6) is 0 Å². The number of amides is 1. The number of ether oxygens (including phenoxy) is 1. The maximum absolute atomic E-state index is 12.1. The van der Waals surface area contributed by atoms with E-state index >= 15 is 0 Å². The van der Waals surface area contributed by atoms with E-state index in [0.29, 0.717) is 39.1 Å².